The quantitative estimate of drug-likeness (QED) is 0.663. The fourth-order valence-electron chi connectivity index (χ4n) is 3.12. The van der Waals surface area contributed by atoms with Crippen molar-refractivity contribution in [2.45, 2.75) is 32.9 Å². The number of nitrogens with one attached hydrogen (secondary N) is 2. The molecule has 1 heterocycles. The predicted molar refractivity (Wildman–Crippen MR) is 116 cm³/mol. The topological polar surface area (TPSA) is 81.7 Å². The molecule has 2 aromatic carbocycles. The molecule has 0 radical (unpaired) electrons. The first-order valence-corrected chi connectivity index (χ1v) is 9.58. The van der Waals surface area contributed by atoms with Gasteiger partial charge >= 0.3 is 6.03 Å². The van der Waals surface area contributed by atoms with Crippen molar-refractivity contribution in [3.8, 4) is 0 Å². The first kappa shape index (κ1) is 23.0. The normalized spacial score (nSPS) is 14.7. The average molecular weight is 421 g/mol. The van der Waals surface area contributed by atoms with Crippen LogP contribution in [0.15, 0.2) is 49.0 Å². The van der Waals surface area contributed by atoms with Crippen molar-refractivity contribution >= 4 is 23.3 Å². The highest BCUT2D eigenvalue weighted by atomic mass is 19.1. The minimum Gasteiger partial charge on any atom is -0.394 e. The van der Waals surface area contributed by atoms with Crippen molar-refractivity contribution in [1.82, 2.24) is 10.2 Å². The Morgan fingerprint density at radius 3 is 2.57 bits per heavy atom. The van der Waals surface area contributed by atoms with Crippen LogP contribution in [-0.2, 0) is 4.79 Å². The molecule has 3 N–H and O–H groups in total. The van der Waals surface area contributed by atoms with Crippen LogP contribution in [-0.4, -0.2) is 34.6 Å². The molecule has 3 amide bonds. The molecule has 2 aromatic rings. The molecule has 0 fully saturated rings. The van der Waals surface area contributed by atoms with Gasteiger partial charge in [0.05, 0.1) is 18.3 Å². The highest BCUT2D eigenvalue weighted by Crippen LogP contribution is 2.32. The predicted octanol–water partition coefficient (Wildman–Crippen LogP) is 4.54. The van der Waals surface area contributed by atoms with Crippen molar-refractivity contribution in [2.24, 2.45) is 0 Å². The fraction of sp³-hybridized carbons (Fsp3) is 0.273. The van der Waals surface area contributed by atoms with E-state index in [1.807, 2.05) is 13.8 Å². The molecular weight excluding hydrogens is 392 g/mol. The summed E-state index contributed by atoms with van der Waals surface area (Å²) in [5.41, 5.74) is 1.51. The molecule has 0 aliphatic carbocycles. The molecule has 8 heteroatoms. The van der Waals surface area contributed by atoms with E-state index in [4.69, 9.17) is 0 Å². The van der Waals surface area contributed by atoms with Gasteiger partial charge in [-0.25, -0.2) is 13.6 Å². The first-order chi connectivity index (χ1) is 14.3. The van der Waals surface area contributed by atoms with E-state index in [1.54, 1.807) is 24.3 Å². The number of rotatable bonds is 5. The Bertz CT molecular complexity index is 960. The van der Waals surface area contributed by atoms with Gasteiger partial charge in [-0.1, -0.05) is 44.7 Å². The lowest BCUT2D eigenvalue weighted by Crippen LogP contribution is -2.53. The van der Waals surface area contributed by atoms with Crippen LogP contribution in [0.1, 0.15) is 40.8 Å². The van der Waals surface area contributed by atoms with Gasteiger partial charge in [-0.3, -0.25) is 9.69 Å². The minimum atomic E-state index is -1.27. The van der Waals surface area contributed by atoms with Crippen LogP contribution in [0, 0.1) is 11.6 Å². The van der Waals surface area contributed by atoms with Gasteiger partial charge in [-0.15, -0.1) is 0 Å². The van der Waals surface area contributed by atoms with E-state index in [0.717, 1.165) is 17.0 Å². The molecule has 0 aromatic heterocycles. The second-order valence-corrected chi connectivity index (χ2v) is 6.39. The minimum absolute atomic E-state index is 0. The Labute approximate surface area is 177 Å². The summed E-state index contributed by atoms with van der Waals surface area (Å²) in [4.78, 5) is 26.2. The van der Waals surface area contributed by atoms with Gasteiger partial charge in [0.2, 0.25) is 5.91 Å². The lowest BCUT2D eigenvalue weighted by Gasteiger charge is -2.36. The van der Waals surface area contributed by atoms with E-state index in [0.29, 0.717) is 11.3 Å². The summed E-state index contributed by atoms with van der Waals surface area (Å²) >= 11 is 0. The molecule has 3 rings (SSSR count). The highest BCUT2D eigenvalue weighted by Gasteiger charge is 2.36. The third kappa shape index (κ3) is 4.65. The van der Waals surface area contributed by atoms with Crippen LogP contribution < -0.4 is 10.6 Å². The number of hydrogen-bond acceptors (Lipinski definition) is 3. The zero-order chi connectivity index (χ0) is 22.4. The van der Waals surface area contributed by atoms with E-state index < -0.39 is 42.3 Å². The first-order valence-electron chi connectivity index (χ1n) is 9.58. The smallest absolute Gasteiger partial charge is 0.327 e. The molecule has 30 heavy (non-hydrogen) atoms. The number of nitrogens with zero attached hydrogens (tertiary/aromatic N) is 1. The van der Waals surface area contributed by atoms with Crippen LogP contribution in [0.2, 0.25) is 0 Å². The van der Waals surface area contributed by atoms with Gasteiger partial charge in [0.1, 0.15) is 17.7 Å². The lowest BCUT2D eigenvalue weighted by molar-refractivity contribution is -0.126. The van der Waals surface area contributed by atoms with Gasteiger partial charge in [-0.05, 0) is 19.1 Å². The van der Waals surface area contributed by atoms with Gasteiger partial charge in [0.15, 0.2) is 0 Å². The summed E-state index contributed by atoms with van der Waals surface area (Å²) in [6.45, 7) is 8.72. The molecule has 0 saturated heterocycles. The lowest BCUT2D eigenvalue weighted by atomic mass is 10.0. The SMILES string of the molecule is C=C1c2ccccc2NC(=O)N1C(CO)C(=O)N[C@@H](C)c1ccc(F)cc1F.CC.[HH].[HH]. The Kier molecular flexibility index (Phi) is 7.66. The van der Waals surface area contributed by atoms with Crippen molar-refractivity contribution in [1.29, 1.82) is 0 Å². The Morgan fingerprint density at radius 2 is 1.93 bits per heavy atom. The summed E-state index contributed by atoms with van der Waals surface area (Å²) in [6.07, 6.45) is 0. The largest absolute Gasteiger partial charge is 0.394 e. The van der Waals surface area contributed by atoms with Crippen molar-refractivity contribution in [2.75, 3.05) is 11.9 Å². The van der Waals surface area contributed by atoms with Crippen molar-refractivity contribution < 1.29 is 26.3 Å². The zero-order valence-electron chi connectivity index (χ0n) is 17.1. The van der Waals surface area contributed by atoms with Gasteiger partial charge in [0.25, 0.3) is 0 Å². The third-order valence-corrected chi connectivity index (χ3v) is 4.56. The van der Waals surface area contributed by atoms with Crippen LogP contribution in [0.4, 0.5) is 19.3 Å². The van der Waals surface area contributed by atoms with E-state index >= 15 is 0 Å². The highest BCUT2D eigenvalue weighted by molar-refractivity contribution is 6.05. The van der Waals surface area contributed by atoms with E-state index in [9.17, 15) is 23.5 Å². The molecule has 1 aliphatic rings. The number of halogens is 2. The number of carbonyl (C=O) groups is 2. The number of hydrogen-bond donors (Lipinski definition) is 3. The van der Waals surface area contributed by atoms with E-state index in [1.165, 1.54) is 13.0 Å². The van der Waals surface area contributed by atoms with Crippen LogP contribution >= 0.6 is 0 Å². The summed E-state index contributed by atoms with van der Waals surface area (Å²) in [6, 6.07) is 7.27. The van der Waals surface area contributed by atoms with Gasteiger partial charge in [0, 0.05) is 25.7 Å². The Morgan fingerprint density at radius 1 is 1.27 bits per heavy atom. The molecule has 0 spiro atoms. The fourth-order valence-corrected chi connectivity index (χ4v) is 3.12. The average Bonchev–Trinajstić information content (AvgIpc) is 2.72. The molecule has 0 saturated carbocycles. The third-order valence-electron chi connectivity index (χ3n) is 4.56. The molecule has 0 bridgehead atoms. The molecule has 1 unspecified atom stereocenters. The number of aliphatic hydroxyl groups is 1. The van der Waals surface area contributed by atoms with E-state index in [2.05, 4.69) is 17.2 Å². The van der Waals surface area contributed by atoms with E-state index in [-0.39, 0.29) is 14.1 Å². The molecule has 6 nitrogen and oxygen atoms in total. The maximum absolute atomic E-state index is 13.9. The van der Waals surface area contributed by atoms with Crippen LogP contribution in [0.5, 0.6) is 0 Å². The number of anilines is 1. The van der Waals surface area contributed by atoms with Crippen molar-refractivity contribution in [3.05, 3.63) is 71.8 Å². The standard InChI is InChI=1S/C20H19F2N3O3.C2H6.2H2/c1-11(14-8-7-13(21)9-16(14)22)23-19(27)18(10-26)25-12(2)15-5-3-4-6-17(15)24-20(25)28;1-2;;/h3-9,11,18,26H,2,10H2,1H3,(H,23,27)(H,24,28);1-2H3;2*1H/t11-,18?;;;/m0.../s1. The van der Waals surface area contributed by atoms with Crippen molar-refractivity contribution in [3.63, 3.8) is 0 Å². The summed E-state index contributed by atoms with van der Waals surface area (Å²) in [7, 11) is 0. The summed E-state index contributed by atoms with van der Waals surface area (Å²) < 4.78 is 27.0. The molecule has 2 atom stereocenters. The zero-order valence-corrected chi connectivity index (χ0v) is 17.1. The van der Waals surface area contributed by atoms with Crippen LogP contribution in [0.25, 0.3) is 5.70 Å². The second kappa shape index (κ2) is 9.98. The maximum atomic E-state index is 13.9. The summed E-state index contributed by atoms with van der Waals surface area (Å²) in [5.74, 6) is -2.23. The Hall–Kier alpha value is -3.26. The summed E-state index contributed by atoms with van der Waals surface area (Å²) in [5, 5.41) is 14.9. The van der Waals surface area contributed by atoms with Crippen LogP contribution in [0.3, 0.4) is 0 Å². The molecule has 164 valence electrons. The maximum Gasteiger partial charge on any atom is 0.327 e. The number of urea groups is 1. The number of aliphatic hydroxyl groups excluding tert-OH is 1. The number of fused-ring (bicyclic) bond motifs is 1. The number of carbonyl (C=O) groups excluding carboxylic acids is 2. The van der Waals surface area contributed by atoms with Gasteiger partial charge in [-0.2, -0.15) is 0 Å². The number of para-hydroxylation sites is 1. The number of benzene rings is 2. The molecule has 1 aliphatic heterocycles. The van der Waals surface area contributed by atoms with Gasteiger partial charge < -0.3 is 15.7 Å². The second-order valence-electron chi connectivity index (χ2n) is 6.39. The monoisotopic (exact) mass is 421 g/mol. The molecular formula is C22H29F2N3O3. The Balaban J connectivity index is 0.00000234. The number of amides is 3.